The van der Waals surface area contributed by atoms with Crippen LogP contribution in [0.15, 0.2) is 18.3 Å². The Morgan fingerprint density at radius 3 is 2.94 bits per heavy atom. The Hall–Kier alpha value is -1.62. The van der Waals surface area contributed by atoms with Crippen LogP contribution < -0.4 is 15.4 Å². The number of nitrogens with one attached hydrogen (secondary N) is 2. The smallest absolute Gasteiger partial charge is 0.237 e. The van der Waals surface area contributed by atoms with Gasteiger partial charge in [-0.25, -0.2) is 4.98 Å². The highest BCUT2D eigenvalue weighted by atomic mass is 16.5. The molecule has 1 aromatic heterocycles. The Bertz CT molecular complexity index is 367. The minimum atomic E-state index is -0.0514. The summed E-state index contributed by atoms with van der Waals surface area (Å²) in [4.78, 5) is 15.6. The minimum absolute atomic E-state index is 0.0514. The largest absolute Gasteiger partial charge is 0.480 e. The van der Waals surface area contributed by atoms with Gasteiger partial charge in [-0.1, -0.05) is 13.8 Å². The summed E-state index contributed by atoms with van der Waals surface area (Å²) >= 11 is 0. The van der Waals surface area contributed by atoms with E-state index in [0.717, 1.165) is 0 Å². The molecule has 5 nitrogen and oxygen atoms in total. The molecule has 1 amide bonds. The van der Waals surface area contributed by atoms with E-state index in [4.69, 9.17) is 4.74 Å². The van der Waals surface area contributed by atoms with E-state index in [-0.39, 0.29) is 5.91 Å². The van der Waals surface area contributed by atoms with Crippen LogP contribution in [0.2, 0.25) is 0 Å². The highest BCUT2D eigenvalue weighted by molar-refractivity contribution is 5.91. The van der Waals surface area contributed by atoms with E-state index in [1.54, 1.807) is 18.3 Å². The van der Waals surface area contributed by atoms with Crippen molar-refractivity contribution in [2.24, 2.45) is 0 Å². The number of rotatable bonds is 6. The fraction of sp³-hybridized carbons (Fsp3) is 0.500. The summed E-state index contributed by atoms with van der Waals surface area (Å²) in [6.45, 7) is 4.75. The first-order chi connectivity index (χ1) is 8.13. The van der Waals surface area contributed by atoms with Crippen LogP contribution in [0.25, 0.3) is 0 Å². The molecule has 0 aliphatic carbocycles. The summed E-state index contributed by atoms with van der Waals surface area (Å²) in [5.74, 6) is 0.377. The van der Waals surface area contributed by atoms with Gasteiger partial charge in [-0.15, -0.1) is 0 Å². The van der Waals surface area contributed by atoms with Gasteiger partial charge in [-0.3, -0.25) is 4.79 Å². The van der Waals surface area contributed by atoms with Crippen molar-refractivity contribution in [1.29, 1.82) is 0 Å². The second-order valence-corrected chi connectivity index (χ2v) is 3.97. The van der Waals surface area contributed by atoms with Crippen LogP contribution in [-0.2, 0) is 4.79 Å². The van der Waals surface area contributed by atoms with Crippen LogP contribution >= 0.6 is 0 Å². The van der Waals surface area contributed by atoms with Gasteiger partial charge in [0.25, 0.3) is 0 Å². The maximum atomic E-state index is 11.6. The molecular weight excluding hydrogens is 218 g/mol. The SMILES string of the molecule is COc1ncccc1NC(=O)CCNC(C)C. The molecule has 0 aromatic carbocycles. The molecule has 5 heteroatoms. The molecule has 0 atom stereocenters. The van der Waals surface area contributed by atoms with E-state index >= 15 is 0 Å². The first kappa shape index (κ1) is 13.4. The Kier molecular flexibility index (Phi) is 5.42. The Morgan fingerprint density at radius 1 is 1.53 bits per heavy atom. The number of pyridine rings is 1. The van der Waals surface area contributed by atoms with Gasteiger partial charge in [-0.05, 0) is 12.1 Å². The molecule has 0 fully saturated rings. The summed E-state index contributed by atoms with van der Waals surface area (Å²) < 4.78 is 5.05. The van der Waals surface area contributed by atoms with E-state index in [1.165, 1.54) is 7.11 Å². The summed E-state index contributed by atoms with van der Waals surface area (Å²) in [6.07, 6.45) is 2.05. The molecule has 0 saturated heterocycles. The minimum Gasteiger partial charge on any atom is -0.480 e. The fourth-order valence-corrected chi connectivity index (χ4v) is 1.34. The third-order valence-corrected chi connectivity index (χ3v) is 2.14. The lowest BCUT2D eigenvalue weighted by atomic mass is 10.3. The van der Waals surface area contributed by atoms with Crippen LogP contribution in [0.4, 0.5) is 5.69 Å². The van der Waals surface area contributed by atoms with E-state index in [1.807, 2.05) is 13.8 Å². The molecule has 0 bridgehead atoms. The number of amides is 1. The average molecular weight is 237 g/mol. The van der Waals surface area contributed by atoms with Gasteiger partial charge in [0.05, 0.1) is 7.11 Å². The van der Waals surface area contributed by atoms with Gasteiger partial charge in [0.2, 0.25) is 11.8 Å². The molecule has 1 aromatic rings. The van der Waals surface area contributed by atoms with Crippen molar-refractivity contribution < 1.29 is 9.53 Å². The van der Waals surface area contributed by atoms with Gasteiger partial charge in [0.15, 0.2) is 0 Å². The van der Waals surface area contributed by atoms with E-state index in [0.29, 0.717) is 30.6 Å². The van der Waals surface area contributed by atoms with Gasteiger partial charge in [-0.2, -0.15) is 0 Å². The lowest BCUT2D eigenvalue weighted by molar-refractivity contribution is -0.116. The topological polar surface area (TPSA) is 63.2 Å². The molecular formula is C12H19N3O2. The number of anilines is 1. The molecule has 0 aliphatic rings. The summed E-state index contributed by atoms with van der Waals surface area (Å²) in [6, 6.07) is 3.90. The quantitative estimate of drug-likeness (QED) is 0.785. The molecule has 0 aliphatic heterocycles. The number of nitrogens with zero attached hydrogens (tertiary/aromatic N) is 1. The van der Waals surface area contributed by atoms with Crippen molar-refractivity contribution in [1.82, 2.24) is 10.3 Å². The second-order valence-electron chi connectivity index (χ2n) is 3.97. The number of carbonyl (C=O) groups excluding carboxylic acids is 1. The van der Waals surface area contributed by atoms with Crippen molar-refractivity contribution in [2.75, 3.05) is 19.0 Å². The molecule has 0 radical (unpaired) electrons. The van der Waals surface area contributed by atoms with Gasteiger partial charge in [0.1, 0.15) is 5.69 Å². The zero-order chi connectivity index (χ0) is 12.7. The van der Waals surface area contributed by atoms with Crippen LogP contribution in [0.5, 0.6) is 5.88 Å². The molecule has 0 unspecified atom stereocenters. The zero-order valence-electron chi connectivity index (χ0n) is 10.5. The molecule has 1 rings (SSSR count). The van der Waals surface area contributed by atoms with E-state index in [2.05, 4.69) is 15.6 Å². The number of aromatic nitrogens is 1. The Labute approximate surface area is 102 Å². The summed E-state index contributed by atoms with van der Waals surface area (Å²) in [5.41, 5.74) is 0.601. The highest BCUT2D eigenvalue weighted by Crippen LogP contribution is 2.19. The predicted octanol–water partition coefficient (Wildman–Crippen LogP) is 1.42. The van der Waals surface area contributed by atoms with Crippen molar-refractivity contribution in [3.8, 4) is 5.88 Å². The Balaban J connectivity index is 2.45. The lowest BCUT2D eigenvalue weighted by Crippen LogP contribution is -2.27. The molecule has 0 saturated carbocycles. The average Bonchev–Trinajstić information content (AvgIpc) is 2.29. The third-order valence-electron chi connectivity index (χ3n) is 2.14. The maximum Gasteiger partial charge on any atom is 0.237 e. The lowest BCUT2D eigenvalue weighted by Gasteiger charge is -2.10. The first-order valence-corrected chi connectivity index (χ1v) is 5.65. The van der Waals surface area contributed by atoms with Crippen molar-refractivity contribution >= 4 is 11.6 Å². The van der Waals surface area contributed by atoms with Crippen LogP contribution in [0.1, 0.15) is 20.3 Å². The first-order valence-electron chi connectivity index (χ1n) is 5.65. The van der Waals surface area contributed by atoms with Crippen molar-refractivity contribution in [3.63, 3.8) is 0 Å². The number of methoxy groups -OCH3 is 1. The highest BCUT2D eigenvalue weighted by Gasteiger charge is 2.07. The molecule has 0 spiro atoms. The van der Waals surface area contributed by atoms with Gasteiger partial charge < -0.3 is 15.4 Å². The van der Waals surface area contributed by atoms with Crippen LogP contribution in [0.3, 0.4) is 0 Å². The number of carbonyl (C=O) groups is 1. The summed E-state index contributed by atoms with van der Waals surface area (Å²) in [5, 5.41) is 5.95. The molecule has 94 valence electrons. The van der Waals surface area contributed by atoms with Gasteiger partial charge >= 0.3 is 0 Å². The van der Waals surface area contributed by atoms with E-state index < -0.39 is 0 Å². The maximum absolute atomic E-state index is 11.6. The Morgan fingerprint density at radius 2 is 2.29 bits per heavy atom. The number of hydrogen-bond donors (Lipinski definition) is 2. The third kappa shape index (κ3) is 4.82. The van der Waals surface area contributed by atoms with Crippen molar-refractivity contribution in [3.05, 3.63) is 18.3 Å². The fourth-order valence-electron chi connectivity index (χ4n) is 1.34. The normalized spacial score (nSPS) is 10.4. The van der Waals surface area contributed by atoms with Gasteiger partial charge in [0, 0.05) is 25.2 Å². The zero-order valence-corrected chi connectivity index (χ0v) is 10.5. The van der Waals surface area contributed by atoms with Crippen LogP contribution in [-0.4, -0.2) is 30.6 Å². The molecule has 17 heavy (non-hydrogen) atoms. The van der Waals surface area contributed by atoms with Crippen molar-refractivity contribution in [2.45, 2.75) is 26.3 Å². The molecule has 2 N–H and O–H groups in total. The molecule has 1 heterocycles. The predicted molar refractivity (Wildman–Crippen MR) is 67.2 cm³/mol. The summed E-state index contributed by atoms with van der Waals surface area (Å²) in [7, 11) is 1.53. The monoisotopic (exact) mass is 237 g/mol. The number of hydrogen-bond acceptors (Lipinski definition) is 4. The van der Waals surface area contributed by atoms with E-state index in [9.17, 15) is 4.79 Å². The second kappa shape index (κ2) is 6.85. The number of ether oxygens (including phenoxy) is 1. The van der Waals surface area contributed by atoms with Crippen LogP contribution in [0, 0.1) is 0 Å². The standard InChI is InChI=1S/C12H19N3O2/c1-9(2)13-8-6-11(16)15-10-5-4-7-14-12(10)17-3/h4-5,7,9,13H,6,8H2,1-3H3,(H,15,16).